The first-order valence-corrected chi connectivity index (χ1v) is 28.7. The molecule has 1 nitrogen and oxygen atoms in total. The third kappa shape index (κ3) is 5.71. The van der Waals surface area contributed by atoms with Crippen LogP contribution < -0.4 is 0 Å². The first-order chi connectivity index (χ1) is 39.6. The van der Waals surface area contributed by atoms with Gasteiger partial charge in [0.25, 0.3) is 0 Å². The fourth-order valence-corrected chi connectivity index (χ4v) is 16.3. The lowest BCUT2D eigenvalue weighted by Gasteiger charge is -2.49. The van der Waals surface area contributed by atoms with Gasteiger partial charge in [0.2, 0.25) is 0 Å². The van der Waals surface area contributed by atoms with E-state index in [1.165, 1.54) is 150 Å². The zero-order valence-electron chi connectivity index (χ0n) is 44.8. The second kappa shape index (κ2) is 16.7. The number of benzene rings is 12. The molecule has 80 heavy (non-hydrogen) atoms. The van der Waals surface area contributed by atoms with Crippen LogP contribution in [0, 0.1) is 0 Å². The maximum atomic E-state index is 2.59. The number of hydrogen-bond donors (Lipinski definition) is 0. The zero-order chi connectivity index (χ0) is 52.9. The lowest BCUT2D eigenvalue weighted by atomic mass is 9.52. The van der Waals surface area contributed by atoms with E-state index in [0.717, 1.165) is 12.8 Å². The summed E-state index contributed by atoms with van der Waals surface area (Å²) >= 11 is 0. The number of aromatic nitrogens is 1. The fourth-order valence-electron chi connectivity index (χ4n) is 16.3. The van der Waals surface area contributed by atoms with Crippen molar-refractivity contribution in [1.82, 2.24) is 4.57 Å². The molecule has 1 heteroatoms. The van der Waals surface area contributed by atoms with Gasteiger partial charge in [-0.3, -0.25) is 0 Å². The Morgan fingerprint density at radius 1 is 0.300 bits per heavy atom. The molecule has 17 rings (SSSR count). The average molecular weight is 1020 g/mol. The summed E-state index contributed by atoms with van der Waals surface area (Å²) in [5.74, 6) is 0. The summed E-state index contributed by atoms with van der Waals surface area (Å²) < 4.78 is 2.46. The van der Waals surface area contributed by atoms with Crippen LogP contribution in [0.2, 0.25) is 0 Å². The second-order valence-corrected chi connectivity index (χ2v) is 22.8. The van der Waals surface area contributed by atoms with Crippen molar-refractivity contribution in [2.45, 2.75) is 42.9 Å². The summed E-state index contributed by atoms with van der Waals surface area (Å²) in [6.45, 7) is 4.76. The number of rotatable bonds is 6. The van der Waals surface area contributed by atoms with Crippen molar-refractivity contribution >= 4 is 44.7 Å². The third-order valence-corrected chi connectivity index (χ3v) is 19.6. The maximum absolute atomic E-state index is 2.59. The van der Waals surface area contributed by atoms with Gasteiger partial charge < -0.3 is 4.57 Å². The van der Waals surface area contributed by atoms with Gasteiger partial charge in [-0.2, -0.15) is 0 Å². The number of para-hydroxylation sites is 2. The van der Waals surface area contributed by atoms with Crippen molar-refractivity contribution in [3.8, 4) is 50.2 Å². The normalized spacial score (nSPS) is 15.0. The molecule has 4 aliphatic carbocycles. The van der Waals surface area contributed by atoms with Gasteiger partial charge in [-0.15, -0.1) is 0 Å². The highest BCUT2D eigenvalue weighted by Gasteiger charge is 2.59. The first-order valence-electron chi connectivity index (χ1n) is 28.7. The molecule has 0 saturated heterocycles. The summed E-state index contributed by atoms with van der Waals surface area (Å²) in [7, 11) is 0. The van der Waals surface area contributed by atoms with Crippen molar-refractivity contribution in [2.75, 3.05) is 0 Å². The van der Waals surface area contributed by atoms with Crippen molar-refractivity contribution in [3.63, 3.8) is 0 Å². The lowest BCUT2D eigenvalue weighted by molar-refractivity contribution is 0.490. The van der Waals surface area contributed by atoms with E-state index in [0.29, 0.717) is 0 Å². The molecular formula is C79H55N. The Morgan fingerprint density at radius 3 is 1.29 bits per heavy atom. The molecule has 0 unspecified atom stereocenters. The van der Waals surface area contributed by atoms with Gasteiger partial charge >= 0.3 is 0 Å². The Labute approximate surface area is 467 Å². The van der Waals surface area contributed by atoms with Gasteiger partial charge in [0.15, 0.2) is 0 Å². The van der Waals surface area contributed by atoms with Crippen LogP contribution in [0.4, 0.5) is 0 Å². The van der Waals surface area contributed by atoms with E-state index in [1.807, 2.05) is 0 Å². The van der Waals surface area contributed by atoms with Gasteiger partial charge in [-0.25, -0.2) is 0 Å². The fraction of sp³-hybridized carbons (Fsp3) is 0.0886. The molecule has 12 aromatic carbocycles. The van der Waals surface area contributed by atoms with Crippen LogP contribution >= 0.6 is 0 Å². The minimum atomic E-state index is -0.551. The Kier molecular flexibility index (Phi) is 9.51. The van der Waals surface area contributed by atoms with E-state index in [4.69, 9.17) is 0 Å². The SMILES string of the molecule is CCC1(CC)c2cc(/C=C/c3ccc(-c4ccc5c(c4)C4(c6ccccc6-c6ccccc64)c4ccccc4C54c5ccccc5-c5ccccc54)c4ccccc34)ccc2-c2ccc(-n3c4ccccc4c4ccccc43)cc21. The molecule has 0 radical (unpaired) electrons. The van der Waals surface area contributed by atoms with E-state index in [-0.39, 0.29) is 5.41 Å². The van der Waals surface area contributed by atoms with Crippen molar-refractivity contribution in [3.05, 3.63) is 328 Å². The molecule has 0 saturated carbocycles. The second-order valence-electron chi connectivity index (χ2n) is 22.8. The van der Waals surface area contributed by atoms with E-state index >= 15 is 0 Å². The molecule has 0 amide bonds. The molecule has 0 fully saturated rings. The summed E-state index contributed by atoms with van der Waals surface area (Å²) in [6, 6.07) is 99.6. The van der Waals surface area contributed by atoms with Crippen LogP contribution in [-0.2, 0) is 16.2 Å². The molecular weight excluding hydrogens is 963 g/mol. The van der Waals surface area contributed by atoms with Crippen molar-refractivity contribution in [2.24, 2.45) is 0 Å². The van der Waals surface area contributed by atoms with Crippen LogP contribution in [0.1, 0.15) is 93.5 Å². The van der Waals surface area contributed by atoms with Crippen LogP contribution in [0.15, 0.2) is 261 Å². The minimum absolute atomic E-state index is 0.0972. The van der Waals surface area contributed by atoms with E-state index in [2.05, 4.69) is 291 Å². The number of hydrogen-bond acceptors (Lipinski definition) is 0. The minimum Gasteiger partial charge on any atom is -0.309 e. The predicted molar refractivity (Wildman–Crippen MR) is 334 cm³/mol. The van der Waals surface area contributed by atoms with Gasteiger partial charge in [0, 0.05) is 21.9 Å². The Bertz CT molecular complexity index is 4680. The molecule has 0 N–H and O–H groups in total. The van der Waals surface area contributed by atoms with Crippen molar-refractivity contribution < 1.29 is 0 Å². The molecule has 376 valence electrons. The average Bonchev–Trinajstić information content (AvgIpc) is 3.83. The standard InChI is InChI=1S/C79H55N/c1-3-77(4-2)72-47-50(38-43-61(72)62-45-42-53(49-73(62)77)80-75-35-19-11-27-63(75)64-28-12-20-36-76(64)80)37-39-51-40-44-55(56-22-6-5-21-54(51)56)52-41-46-71-74(48-52)79(67-31-15-9-25-59(67)60-26-10-16-32-68(60)79)70-34-18-17-33-69(70)78(71)65-29-13-7-23-57(65)58-24-8-14-30-66(58)78/h5-49H,3-4H2,1-2H3/b39-37+. The molecule has 1 aromatic heterocycles. The van der Waals surface area contributed by atoms with Gasteiger partial charge in [0.1, 0.15) is 0 Å². The topological polar surface area (TPSA) is 4.93 Å². The van der Waals surface area contributed by atoms with Crippen LogP contribution in [0.3, 0.4) is 0 Å². The maximum Gasteiger partial charge on any atom is 0.0720 e. The largest absolute Gasteiger partial charge is 0.309 e. The van der Waals surface area contributed by atoms with E-state index < -0.39 is 10.8 Å². The highest BCUT2D eigenvalue weighted by Crippen LogP contribution is 2.68. The predicted octanol–water partition coefficient (Wildman–Crippen LogP) is 19.9. The molecule has 0 atom stereocenters. The molecule has 1 heterocycles. The molecule has 0 bridgehead atoms. The quantitative estimate of drug-likeness (QED) is 0.146. The summed E-state index contributed by atoms with van der Waals surface area (Å²) in [5.41, 5.74) is 29.1. The molecule has 0 aliphatic heterocycles. The highest BCUT2D eigenvalue weighted by atomic mass is 15.0. The Balaban J connectivity index is 0.806. The van der Waals surface area contributed by atoms with Crippen LogP contribution in [0.5, 0.6) is 0 Å². The zero-order valence-corrected chi connectivity index (χ0v) is 44.8. The smallest absolute Gasteiger partial charge is 0.0720 e. The van der Waals surface area contributed by atoms with Gasteiger partial charge in [0.05, 0.1) is 21.9 Å². The van der Waals surface area contributed by atoms with Crippen molar-refractivity contribution in [1.29, 1.82) is 0 Å². The van der Waals surface area contributed by atoms with Gasteiger partial charge in [-0.1, -0.05) is 257 Å². The molecule has 4 aliphatic rings. The number of fused-ring (bicyclic) bond motifs is 23. The summed E-state index contributed by atoms with van der Waals surface area (Å²) in [4.78, 5) is 0. The Morgan fingerprint density at radius 2 is 0.725 bits per heavy atom. The number of nitrogens with zero attached hydrogens (tertiary/aromatic N) is 1. The van der Waals surface area contributed by atoms with E-state index in [1.54, 1.807) is 0 Å². The van der Waals surface area contributed by atoms with Gasteiger partial charge in [-0.05, 0) is 165 Å². The highest BCUT2D eigenvalue weighted by molar-refractivity contribution is 6.09. The lowest BCUT2D eigenvalue weighted by Crippen LogP contribution is -2.43. The summed E-state index contributed by atoms with van der Waals surface area (Å²) in [6.07, 6.45) is 6.74. The molecule has 13 aromatic rings. The van der Waals surface area contributed by atoms with Crippen LogP contribution in [0.25, 0.3) is 94.9 Å². The third-order valence-electron chi connectivity index (χ3n) is 19.6. The van der Waals surface area contributed by atoms with E-state index in [9.17, 15) is 0 Å². The Hall–Kier alpha value is -9.56. The monoisotopic (exact) mass is 1020 g/mol. The van der Waals surface area contributed by atoms with Crippen LogP contribution in [-0.4, -0.2) is 4.57 Å². The summed E-state index contributed by atoms with van der Waals surface area (Å²) in [5, 5.41) is 5.07. The first kappa shape index (κ1) is 45.5. The molecule has 2 spiro atoms.